The summed E-state index contributed by atoms with van der Waals surface area (Å²) in [5, 5.41) is 15.1. The van der Waals surface area contributed by atoms with Crippen LogP contribution >= 0.6 is 23.3 Å². The van der Waals surface area contributed by atoms with Crippen LogP contribution in [0, 0.1) is 0 Å². The maximum Gasteiger partial charge on any atom is 0.406 e. The summed E-state index contributed by atoms with van der Waals surface area (Å²) < 4.78 is 42.0. The number of aliphatic carboxylic acids is 1. The second-order valence-corrected chi connectivity index (χ2v) is 9.77. The van der Waals surface area contributed by atoms with E-state index < -0.39 is 53.5 Å². The molecule has 3 aliphatic rings. The smallest absolute Gasteiger partial charge is 0.406 e. The third-order valence-electron chi connectivity index (χ3n) is 5.47. The van der Waals surface area contributed by atoms with Gasteiger partial charge in [0, 0.05) is 29.4 Å². The number of allylic oxidation sites excluding steroid dienone is 1. The summed E-state index contributed by atoms with van der Waals surface area (Å²) in [6.45, 7) is -1.56. The van der Waals surface area contributed by atoms with Gasteiger partial charge in [0.1, 0.15) is 30.8 Å². The number of alkyl halides is 3. The first-order valence-corrected chi connectivity index (χ1v) is 12.2. The van der Waals surface area contributed by atoms with Crippen molar-refractivity contribution in [3.63, 3.8) is 0 Å². The predicted octanol–water partition coefficient (Wildman–Crippen LogP) is -0.0696. The second kappa shape index (κ2) is 10.0. The molecule has 0 saturated carbocycles. The molecular formula is C19H18F3N7O6S2. The number of rotatable bonds is 7. The number of hydrogen-bond acceptors (Lipinski definition) is 11. The van der Waals surface area contributed by atoms with Crippen molar-refractivity contribution in [2.75, 3.05) is 31.7 Å². The number of amides is 3. The number of nitrogens with two attached hydrogens (primary N) is 1. The lowest BCUT2D eigenvalue weighted by Gasteiger charge is -2.49. The van der Waals surface area contributed by atoms with Gasteiger partial charge in [0.15, 0.2) is 5.13 Å². The molecule has 198 valence electrons. The molecule has 0 spiro atoms. The number of halogens is 3. The third-order valence-corrected chi connectivity index (χ3v) is 7.31. The van der Waals surface area contributed by atoms with Crippen LogP contribution in [0.25, 0.3) is 0 Å². The number of likely N-dealkylation sites (tertiary alicyclic amines) is 1. The van der Waals surface area contributed by atoms with Crippen molar-refractivity contribution >= 4 is 57.8 Å². The highest BCUT2D eigenvalue weighted by Gasteiger charge is 2.54. The lowest BCUT2D eigenvalue weighted by Crippen LogP contribution is -2.71. The summed E-state index contributed by atoms with van der Waals surface area (Å²) in [7, 11) is 1.19. The summed E-state index contributed by atoms with van der Waals surface area (Å²) in [5.41, 5.74) is 4.91. The molecule has 18 heteroatoms. The number of nitrogens with one attached hydrogen (secondary N) is 1. The number of β-lactam (4-membered cyclic amide) rings is 1. The first-order chi connectivity index (χ1) is 17.4. The lowest BCUT2D eigenvalue weighted by molar-refractivity contribution is -0.156. The highest BCUT2D eigenvalue weighted by molar-refractivity contribution is 8.00. The van der Waals surface area contributed by atoms with E-state index in [9.17, 15) is 37.5 Å². The van der Waals surface area contributed by atoms with Crippen LogP contribution in [-0.2, 0) is 24.0 Å². The average molecular weight is 562 g/mol. The molecule has 2 atom stereocenters. The van der Waals surface area contributed by atoms with Gasteiger partial charge in [0.25, 0.3) is 11.8 Å². The zero-order valence-corrected chi connectivity index (χ0v) is 20.4. The number of fused-ring (bicyclic) bond motifs is 1. The molecule has 4 rings (SSSR count). The quantitative estimate of drug-likeness (QED) is 0.176. The van der Waals surface area contributed by atoms with Crippen molar-refractivity contribution in [2.24, 2.45) is 5.16 Å². The summed E-state index contributed by atoms with van der Waals surface area (Å²) in [6, 6.07) is -1.12. The van der Waals surface area contributed by atoms with Gasteiger partial charge in [0.2, 0.25) is 17.4 Å². The minimum Gasteiger partial charge on any atom is -0.477 e. The van der Waals surface area contributed by atoms with E-state index in [2.05, 4.69) is 24.7 Å². The van der Waals surface area contributed by atoms with Crippen LogP contribution in [0.3, 0.4) is 0 Å². The van der Waals surface area contributed by atoms with E-state index in [1.165, 1.54) is 13.2 Å². The topological polar surface area (TPSA) is 180 Å². The predicted molar refractivity (Wildman–Crippen MR) is 123 cm³/mol. The number of hydrogen-bond donors (Lipinski definition) is 3. The molecule has 37 heavy (non-hydrogen) atoms. The fourth-order valence-electron chi connectivity index (χ4n) is 3.95. The number of nitrogen functional groups attached to an aromatic ring is 1. The molecule has 3 aliphatic heterocycles. The number of anilines is 1. The van der Waals surface area contributed by atoms with Gasteiger partial charge in [-0.1, -0.05) is 5.16 Å². The zero-order valence-electron chi connectivity index (χ0n) is 18.8. The van der Waals surface area contributed by atoms with E-state index in [4.69, 9.17) is 5.73 Å². The summed E-state index contributed by atoms with van der Waals surface area (Å²) in [4.78, 5) is 60.2. The molecule has 0 bridgehead atoms. The molecular weight excluding hydrogens is 543 g/mol. The monoisotopic (exact) mass is 561 g/mol. The van der Waals surface area contributed by atoms with Gasteiger partial charge in [-0.3, -0.25) is 19.3 Å². The Hall–Kier alpha value is -3.67. The first kappa shape index (κ1) is 26.4. The molecule has 1 aromatic rings. The molecule has 4 heterocycles. The van der Waals surface area contributed by atoms with Crippen molar-refractivity contribution in [1.29, 1.82) is 0 Å². The van der Waals surface area contributed by atoms with Gasteiger partial charge < -0.3 is 25.9 Å². The van der Waals surface area contributed by atoms with Crippen molar-refractivity contribution < 1.29 is 42.3 Å². The van der Waals surface area contributed by atoms with Crippen molar-refractivity contribution in [3.8, 4) is 0 Å². The van der Waals surface area contributed by atoms with E-state index in [0.717, 1.165) is 28.2 Å². The number of oxime groups is 1. The van der Waals surface area contributed by atoms with E-state index >= 15 is 0 Å². The molecule has 0 unspecified atom stereocenters. The van der Waals surface area contributed by atoms with Crippen LogP contribution in [0.5, 0.6) is 0 Å². The number of carbonyl (C=O) groups is 4. The Labute approximate surface area is 214 Å². The van der Waals surface area contributed by atoms with Gasteiger partial charge in [0.05, 0.1) is 0 Å². The van der Waals surface area contributed by atoms with Crippen LogP contribution in [0.15, 0.2) is 28.1 Å². The summed E-state index contributed by atoms with van der Waals surface area (Å²) in [5.74, 6) is -3.99. The van der Waals surface area contributed by atoms with E-state index in [1.54, 1.807) is 0 Å². The number of carbonyl (C=O) groups excluding carboxylic acids is 3. The average Bonchev–Trinajstić information content (AvgIpc) is 3.39. The Kier molecular flexibility index (Phi) is 7.13. The van der Waals surface area contributed by atoms with Crippen molar-refractivity contribution in [1.82, 2.24) is 24.5 Å². The van der Waals surface area contributed by atoms with E-state index in [-0.39, 0.29) is 46.5 Å². The molecule has 2 saturated heterocycles. The van der Waals surface area contributed by atoms with Crippen molar-refractivity contribution in [2.45, 2.75) is 24.0 Å². The maximum absolute atomic E-state index is 12.9. The van der Waals surface area contributed by atoms with E-state index in [1.807, 2.05) is 0 Å². The SMILES string of the molecule is CON=C(C(=O)N[C@@H]1C(=O)N2C(C(=O)O)=C(C=C3CCN(CC(F)(F)F)C3=O)CS[C@H]12)c1nsc(N)n1. The minimum absolute atomic E-state index is 0.00279. The third kappa shape index (κ3) is 5.24. The Balaban J connectivity index is 1.53. The number of aromatic nitrogens is 2. The number of carboxylic acid groups (broad SMARTS) is 1. The molecule has 13 nitrogen and oxygen atoms in total. The number of carboxylic acids is 1. The molecule has 1 aromatic heterocycles. The lowest BCUT2D eigenvalue weighted by atomic mass is 10.0. The van der Waals surface area contributed by atoms with Crippen molar-refractivity contribution in [3.05, 3.63) is 28.7 Å². The highest BCUT2D eigenvalue weighted by Crippen LogP contribution is 2.41. The maximum atomic E-state index is 12.9. The molecule has 0 aliphatic carbocycles. The molecule has 0 aromatic carbocycles. The van der Waals surface area contributed by atoms with Crippen LogP contribution in [-0.4, -0.2) is 97.2 Å². The molecule has 0 radical (unpaired) electrons. The van der Waals surface area contributed by atoms with Gasteiger partial charge in [-0.15, -0.1) is 11.8 Å². The van der Waals surface area contributed by atoms with Crippen LogP contribution in [0.2, 0.25) is 0 Å². The Morgan fingerprint density at radius 2 is 2.11 bits per heavy atom. The Bertz CT molecular complexity index is 1260. The van der Waals surface area contributed by atoms with E-state index in [0.29, 0.717) is 4.90 Å². The fraction of sp³-hybridized carbons (Fsp3) is 0.421. The number of nitrogens with zero attached hydrogens (tertiary/aromatic N) is 5. The summed E-state index contributed by atoms with van der Waals surface area (Å²) >= 11 is 1.93. The van der Waals surface area contributed by atoms with Gasteiger partial charge >= 0.3 is 12.1 Å². The summed E-state index contributed by atoms with van der Waals surface area (Å²) in [6.07, 6.45) is -3.33. The number of thioether (sulfide) groups is 1. The normalized spacial score (nSPS) is 23.4. The van der Waals surface area contributed by atoms with Crippen LogP contribution < -0.4 is 11.1 Å². The van der Waals surface area contributed by atoms with Gasteiger partial charge in [-0.2, -0.15) is 22.5 Å². The molecule has 3 amide bonds. The minimum atomic E-state index is -4.57. The fourth-order valence-corrected chi connectivity index (χ4v) is 5.69. The van der Waals surface area contributed by atoms with Gasteiger partial charge in [-0.05, 0) is 18.1 Å². The Morgan fingerprint density at radius 1 is 1.38 bits per heavy atom. The van der Waals surface area contributed by atoms with Crippen LogP contribution in [0.4, 0.5) is 18.3 Å². The van der Waals surface area contributed by atoms with Gasteiger partial charge in [-0.25, -0.2) is 4.79 Å². The standard InChI is InChI=1S/C19H18F3N7O6S2/c1-35-26-9(12-25-18(23)37-27-12)13(30)24-10-15(32)29-11(17(33)34)8(5-36-16(10)29)4-7-2-3-28(14(7)31)6-19(20,21)22/h4,10,16H,2-3,5-6H2,1H3,(H,24,30)(H,33,34)(H2,23,25,27)/t10-,16-/m1/s1. The highest BCUT2D eigenvalue weighted by atomic mass is 32.2. The second-order valence-electron chi connectivity index (χ2n) is 7.88. The molecule has 2 fully saturated rings. The Morgan fingerprint density at radius 3 is 2.70 bits per heavy atom. The zero-order chi connectivity index (χ0) is 27.1. The van der Waals surface area contributed by atoms with Crippen LogP contribution in [0.1, 0.15) is 12.2 Å². The largest absolute Gasteiger partial charge is 0.477 e. The molecule has 4 N–H and O–H groups in total. The first-order valence-electron chi connectivity index (χ1n) is 10.4.